The molecule has 0 spiro atoms. The highest BCUT2D eigenvalue weighted by Gasteiger charge is 2.40. The summed E-state index contributed by atoms with van der Waals surface area (Å²) in [6.45, 7) is 0. The number of nitrogens with zero attached hydrogens (tertiary/aromatic N) is 1. The van der Waals surface area contributed by atoms with Gasteiger partial charge in [0.25, 0.3) is 0 Å². The van der Waals surface area contributed by atoms with E-state index in [1.807, 2.05) is 48.7 Å². The van der Waals surface area contributed by atoms with Gasteiger partial charge in [-0.05, 0) is 35.4 Å². The number of hydrogen-bond acceptors (Lipinski definition) is 3. The molecule has 2 aromatic carbocycles. The Bertz CT molecular complexity index is 916. The third kappa shape index (κ3) is 2.44. The molecule has 2 aliphatic rings. The lowest BCUT2D eigenvalue weighted by molar-refractivity contribution is -0.118. The monoisotopic (exact) mass is 349 g/mol. The number of fused-ring (bicyclic) bond motifs is 2. The zero-order valence-electron chi connectivity index (χ0n) is 14.3. The second-order valence-electron chi connectivity index (χ2n) is 6.41. The maximum absolute atomic E-state index is 13.0. The standard InChI is InChI=1S/C21H19NO2S/c1-22-16-10-6-5-9-15(16)19(21(22)24)20(25-2)18-14-8-4-3-7-13(14)11-12-17(18)23/h3-10,19H,11-12H2,1-2H3/b20-18+. The number of carbonyl (C=O) groups is 2. The van der Waals surface area contributed by atoms with Gasteiger partial charge in [0.15, 0.2) is 5.78 Å². The number of aryl methyl sites for hydroxylation is 1. The average molecular weight is 349 g/mol. The van der Waals surface area contributed by atoms with Gasteiger partial charge in [-0.15, -0.1) is 11.8 Å². The van der Waals surface area contributed by atoms with Crippen LogP contribution >= 0.6 is 11.8 Å². The summed E-state index contributed by atoms with van der Waals surface area (Å²) in [5, 5.41) is 0. The van der Waals surface area contributed by atoms with Crippen LogP contribution in [-0.2, 0) is 16.0 Å². The van der Waals surface area contributed by atoms with Gasteiger partial charge in [0.05, 0.1) is 5.92 Å². The number of carbonyl (C=O) groups excluding carboxylic acids is 2. The molecule has 0 aromatic heterocycles. The molecule has 0 bridgehead atoms. The van der Waals surface area contributed by atoms with Crippen LogP contribution in [0.5, 0.6) is 0 Å². The van der Waals surface area contributed by atoms with Crippen molar-refractivity contribution >= 4 is 34.7 Å². The van der Waals surface area contributed by atoms with Gasteiger partial charge in [0.2, 0.25) is 5.91 Å². The summed E-state index contributed by atoms with van der Waals surface area (Å²) in [5.74, 6) is -0.210. The minimum Gasteiger partial charge on any atom is -0.314 e. The van der Waals surface area contributed by atoms with Crippen molar-refractivity contribution in [3.8, 4) is 0 Å². The van der Waals surface area contributed by atoms with Crippen molar-refractivity contribution in [2.45, 2.75) is 18.8 Å². The average Bonchev–Trinajstić information content (AvgIpc) is 2.89. The van der Waals surface area contributed by atoms with Crippen LogP contribution in [0.3, 0.4) is 0 Å². The van der Waals surface area contributed by atoms with Gasteiger partial charge in [-0.3, -0.25) is 9.59 Å². The summed E-state index contributed by atoms with van der Waals surface area (Å²) in [4.78, 5) is 28.4. The van der Waals surface area contributed by atoms with Crippen molar-refractivity contribution in [1.82, 2.24) is 0 Å². The normalized spacial score (nSPS) is 21.2. The van der Waals surface area contributed by atoms with Crippen LogP contribution in [0.2, 0.25) is 0 Å². The van der Waals surface area contributed by atoms with Crippen LogP contribution in [0.25, 0.3) is 5.57 Å². The fourth-order valence-corrected chi connectivity index (χ4v) is 4.77. The van der Waals surface area contributed by atoms with Gasteiger partial charge in [-0.2, -0.15) is 0 Å². The maximum atomic E-state index is 13.0. The van der Waals surface area contributed by atoms with E-state index in [0.717, 1.165) is 33.7 Å². The number of Topliss-reactive ketones (excluding diaryl/α,β-unsaturated/α-hetero) is 1. The van der Waals surface area contributed by atoms with Crippen molar-refractivity contribution in [3.05, 3.63) is 70.1 Å². The van der Waals surface area contributed by atoms with E-state index in [1.54, 1.807) is 11.9 Å². The molecule has 25 heavy (non-hydrogen) atoms. The molecule has 126 valence electrons. The van der Waals surface area contributed by atoms with Crippen LogP contribution in [-0.4, -0.2) is 25.0 Å². The number of para-hydroxylation sites is 1. The van der Waals surface area contributed by atoms with E-state index in [0.29, 0.717) is 6.42 Å². The fourth-order valence-electron chi connectivity index (χ4n) is 3.88. The quantitative estimate of drug-likeness (QED) is 0.768. The number of benzene rings is 2. The van der Waals surface area contributed by atoms with E-state index in [-0.39, 0.29) is 17.6 Å². The molecule has 0 saturated heterocycles. The van der Waals surface area contributed by atoms with Crippen molar-refractivity contribution in [2.75, 3.05) is 18.2 Å². The number of ketones is 1. The van der Waals surface area contributed by atoms with Gasteiger partial charge < -0.3 is 4.90 Å². The number of anilines is 1. The fraction of sp³-hybridized carbons (Fsp3) is 0.238. The van der Waals surface area contributed by atoms with Gasteiger partial charge in [0.1, 0.15) is 0 Å². The largest absolute Gasteiger partial charge is 0.314 e. The second-order valence-corrected chi connectivity index (χ2v) is 7.26. The third-order valence-electron chi connectivity index (χ3n) is 5.10. The number of thioether (sulfide) groups is 1. The second kappa shape index (κ2) is 6.19. The minimum absolute atomic E-state index is 0.0360. The van der Waals surface area contributed by atoms with Crippen molar-refractivity contribution in [1.29, 1.82) is 0 Å². The number of allylic oxidation sites excluding steroid dienone is 1. The molecule has 3 nitrogen and oxygen atoms in total. The molecule has 1 aliphatic carbocycles. The molecule has 1 unspecified atom stereocenters. The van der Waals surface area contributed by atoms with E-state index in [4.69, 9.17) is 0 Å². The Labute approximate surface area is 151 Å². The highest BCUT2D eigenvalue weighted by molar-refractivity contribution is 8.02. The molecule has 1 atom stereocenters. The van der Waals surface area contributed by atoms with Gasteiger partial charge in [0, 0.05) is 29.6 Å². The lowest BCUT2D eigenvalue weighted by atomic mass is 9.83. The summed E-state index contributed by atoms with van der Waals surface area (Å²) >= 11 is 1.52. The molecular weight excluding hydrogens is 330 g/mol. The Kier molecular flexibility index (Phi) is 4.00. The highest BCUT2D eigenvalue weighted by Crippen LogP contribution is 2.47. The zero-order chi connectivity index (χ0) is 17.6. The van der Waals surface area contributed by atoms with Crippen molar-refractivity contribution in [3.63, 3.8) is 0 Å². The highest BCUT2D eigenvalue weighted by atomic mass is 32.2. The van der Waals surface area contributed by atoms with Crippen molar-refractivity contribution < 1.29 is 9.59 Å². The molecule has 0 fully saturated rings. The minimum atomic E-state index is -0.388. The Hall–Kier alpha value is -2.33. The lowest BCUT2D eigenvalue weighted by Crippen LogP contribution is -2.25. The third-order valence-corrected chi connectivity index (χ3v) is 5.98. The molecule has 0 saturated carbocycles. The lowest BCUT2D eigenvalue weighted by Gasteiger charge is -2.23. The van der Waals surface area contributed by atoms with E-state index < -0.39 is 0 Å². The molecule has 0 radical (unpaired) electrons. The van der Waals surface area contributed by atoms with Crippen LogP contribution in [0.4, 0.5) is 5.69 Å². The summed E-state index contributed by atoms with van der Waals surface area (Å²) < 4.78 is 0. The van der Waals surface area contributed by atoms with E-state index in [9.17, 15) is 9.59 Å². The smallest absolute Gasteiger partial charge is 0.239 e. The first kappa shape index (κ1) is 16.2. The van der Waals surface area contributed by atoms with Gasteiger partial charge in [-0.25, -0.2) is 0 Å². The Balaban J connectivity index is 1.96. The SMILES string of the molecule is CS/C(=C1/C(=O)CCc2ccccc21)C1C(=O)N(C)c2ccccc21. The number of amides is 1. The van der Waals surface area contributed by atoms with Crippen LogP contribution < -0.4 is 4.90 Å². The molecule has 1 aliphatic heterocycles. The van der Waals surface area contributed by atoms with Crippen LogP contribution in [0.15, 0.2) is 53.4 Å². The maximum Gasteiger partial charge on any atom is 0.239 e. The first-order valence-electron chi connectivity index (χ1n) is 8.39. The molecule has 0 N–H and O–H groups in total. The predicted molar refractivity (Wildman–Crippen MR) is 103 cm³/mol. The first-order valence-corrected chi connectivity index (χ1v) is 9.62. The number of rotatable bonds is 2. The summed E-state index contributed by atoms with van der Waals surface area (Å²) in [6.07, 6.45) is 3.24. The zero-order valence-corrected chi connectivity index (χ0v) is 15.1. The molecule has 2 aromatic rings. The molecular formula is C21H19NO2S. The number of hydrogen-bond donors (Lipinski definition) is 0. The van der Waals surface area contributed by atoms with Crippen molar-refractivity contribution in [2.24, 2.45) is 0 Å². The molecule has 4 heteroatoms. The Morgan fingerprint density at radius 2 is 1.76 bits per heavy atom. The first-order chi connectivity index (χ1) is 12.1. The number of likely N-dealkylation sites (N-methyl/N-ethyl adjacent to an activating group) is 1. The predicted octanol–water partition coefficient (Wildman–Crippen LogP) is 4.04. The Morgan fingerprint density at radius 1 is 1.04 bits per heavy atom. The van der Waals surface area contributed by atoms with Gasteiger partial charge in [-0.1, -0.05) is 42.5 Å². The molecule has 1 amide bonds. The Morgan fingerprint density at radius 3 is 2.56 bits per heavy atom. The van der Waals surface area contributed by atoms with E-state index >= 15 is 0 Å². The summed E-state index contributed by atoms with van der Waals surface area (Å²) in [7, 11) is 1.81. The summed E-state index contributed by atoms with van der Waals surface area (Å²) in [6, 6.07) is 15.9. The molecule has 4 rings (SSSR count). The van der Waals surface area contributed by atoms with E-state index in [1.165, 1.54) is 17.3 Å². The van der Waals surface area contributed by atoms with Crippen LogP contribution in [0, 0.1) is 0 Å². The topological polar surface area (TPSA) is 37.4 Å². The van der Waals surface area contributed by atoms with Crippen LogP contribution in [0.1, 0.15) is 29.0 Å². The van der Waals surface area contributed by atoms with Gasteiger partial charge >= 0.3 is 0 Å². The van der Waals surface area contributed by atoms with E-state index in [2.05, 4.69) is 6.07 Å². The molecule has 1 heterocycles. The summed E-state index contributed by atoms with van der Waals surface area (Å²) in [5.41, 5.74) is 4.83.